The van der Waals surface area contributed by atoms with Crippen molar-refractivity contribution in [2.45, 2.75) is 32.2 Å². The highest BCUT2D eigenvalue weighted by atomic mass is 32.1. The molecule has 0 aliphatic heterocycles. The van der Waals surface area contributed by atoms with E-state index in [1.165, 1.54) is 24.1 Å². The number of hydrogen-bond donors (Lipinski definition) is 1. The molecule has 15 heavy (non-hydrogen) atoms. The van der Waals surface area contributed by atoms with Gasteiger partial charge in [0.25, 0.3) is 0 Å². The number of thiophene rings is 1. The largest absolute Gasteiger partial charge is 0.312 e. The van der Waals surface area contributed by atoms with Gasteiger partial charge in [0.2, 0.25) is 0 Å². The molecule has 0 amide bonds. The third-order valence-electron chi connectivity index (χ3n) is 4.13. The molecule has 82 valence electrons. The van der Waals surface area contributed by atoms with Crippen molar-refractivity contribution in [1.82, 2.24) is 5.32 Å². The smallest absolute Gasteiger partial charge is 0.0441 e. The highest BCUT2D eigenvalue weighted by Crippen LogP contribution is 2.57. The summed E-state index contributed by atoms with van der Waals surface area (Å²) < 4.78 is 0. The predicted molar refractivity (Wildman–Crippen MR) is 65.2 cm³/mol. The molecule has 0 bridgehead atoms. The fourth-order valence-corrected chi connectivity index (χ4v) is 4.35. The zero-order valence-corrected chi connectivity index (χ0v) is 10.3. The Hall–Kier alpha value is -0.340. The summed E-state index contributed by atoms with van der Waals surface area (Å²) in [7, 11) is 2.11. The van der Waals surface area contributed by atoms with Crippen molar-refractivity contribution in [2.24, 2.45) is 17.8 Å². The summed E-state index contributed by atoms with van der Waals surface area (Å²) in [5, 5.41) is 3.53. The highest BCUT2D eigenvalue weighted by molar-refractivity contribution is 7.12. The van der Waals surface area contributed by atoms with Gasteiger partial charge in [-0.1, -0.05) is 0 Å². The van der Waals surface area contributed by atoms with Gasteiger partial charge in [0, 0.05) is 15.8 Å². The molecule has 1 nitrogen and oxygen atoms in total. The zero-order chi connectivity index (χ0) is 10.4. The minimum atomic E-state index is 0.622. The van der Waals surface area contributed by atoms with Crippen LogP contribution in [0.15, 0.2) is 12.1 Å². The van der Waals surface area contributed by atoms with Crippen molar-refractivity contribution >= 4 is 11.3 Å². The molecule has 3 unspecified atom stereocenters. The van der Waals surface area contributed by atoms with Crippen LogP contribution in [0, 0.1) is 24.7 Å². The molecule has 2 aliphatic rings. The second kappa shape index (κ2) is 3.60. The van der Waals surface area contributed by atoms with Crippen molar-refractivity contribution in [3.8, 4) is 0 Å². The number of hydrogen-bond acceptors (Lipinski definition) is 2. The van der Waals surface area contributed by atoms with Gasteiger partial charge in [-0.05, 0) is 63.1 Å². The molecular weight excluding hydrogens is 202 g/mol. The molecule has 2 fully saturated rings. The summed E-state index contributed by atoms with van der Waals surface area (Å²) in [6.45, 7) is 2.20. The van der Waals surface area contributed by atoms with Gasteiger partial charge in [0.05, 0.1) is 0 Å². The Morgan fingerprint density at radius 2 is 2.00 bits per heavy atom. The lowest BCUT2D eigenvalue weighted by Gasteiger charge is -2.23. The monoisotopic (exact) mass is 221 g/mol. The second-order valence-corrected chi connectivity index (χ2v) is 6.52. The van der Waals surface area contributed by atoms with Gasteiger partial charge in [-0.25, -0.2) is 0 Å². The molecule has 2 saturated carbocycles. The van der Waals surface area contributed by atoms with E-state index in [0.717, 1.165) is 17.8 Å². The minimum absolute atomic E-state index is 0.622. The minimum Gasteiger partial charge on any atom is -0.312 e. The first-order valence-electron chi connectivity index (χ1n) is 6.01. The van der Waals surface area contributed by atoms with E-state index in [2.05, 4.69) is 31.4 Å². The standard InChI is InChI=1S/C13H19NS/c1-8-3-4-12(15-8)13(14-2)11-6-9-5-10(9)7-11/h3-4,9-11,13-14H,5-7H2,1-2H3. The van der Waals surface area contributed by atoms with Gasteiger partial charge in [0.15, 0.2) is 0 Å². The maximum Gasteiger partial charge on any atom is 0.0441 e. The van der Waals surface area contributed by atoms with Gasteiger partial charge in [-0.15, -0.1) is 11.3 Å². The Balaban J connectivity index is 1.76. The predicted octanol–water partition coefficient (Wildman–Crippen LogP) is 3.36. The average molecular weight is 221 g/mol. The third-order valence-corrected chi connectivity index (χ3v) is 5.21. The first kappa shape index (κ1) is 9.86. The van der Waals surface area contributed by atoms with Gasteiger partial charge < -0.3 is 5.32 Å². The Morgan fingerprint density at radius 1 is 1.27 bits per heavy atom. The molecule has 2 aliphatic carbocycles. The number of rotatable bonds is 3. The van der Waals surface area contributed by atoms with Crippen LogP contribution in [-0.4, -0.2) is 7.05 Å². The molecule has 1 heterocycles. The van der Waals surface area contributed by atoms with Crippen LogP contribution < -0.4 is 5.32 Å². The lowest BCUT2D eigenvalue weighted by Crippen LogP contribution is -2.23. The van der Waals surface area contributed by atoms with Crippen LogP contribution in [0.1, 0.15) is 35.1 Å². The van der Waals surface area contributed by atoms with Crippen molar-refractivity contribution in [3.63, 3.8) is 0 Å². The molecule has 3 rings (SSSR count). The lowest BCUT2D eigenvalue weighted by molar-refractivity contribution is 0.364. The Bertz CT molecular complexity index is 347. The van der Waals surface area contributed by atoms with Crippen molar-refractivity contribution in [1.29, 1.82) is 0 Å². The van der Waals surface area contributed by atoms with Crippen LogP contribution in [0.5, 0.6) is 0 Å². The second-order valence-electron chi connectivity index (χ2n) is 5.20. The summed E-state index contributed by atoms with van der Waals surface area (Å²) in [6, 6.07) is 5.18. The first-order chi connectivity index (χ1) is 7.28. The van der Waals surface area contributed by atoms with Gasteiger partial charge in [-0.3, -0.25) is 0 Å². The lowest BCUT2D eigenvalue weighted by atomic mass is 9.93. The van der Waals surface area contributed by atoms with Gasteiger partial charge in [-0.2, -0.15) is 0 Å². The molecular formula is C13H19NS. The summed E-state index contributed by atoms with van der Waals surface area (Å²) in [5.41, 5.74) is 0. The van der Waals surface area contributed by atoms with E-state index in [1.807, 2.05) is 11.3 Å². The van der Waals surface area contributed by atoms with Crippen LogP contribution in [0.25, 0.3) is 0 Å². The molecule has 1 aromatic rings. The fourth-order valence-electron chi connectivity index (χ4n) is 3.26. The molecule has 2 heteroatoms. The molecule has 0 saturated heterocycles. The first-order valence-corrected chi connectivity index (χ1v) is 6.83. The number of aryl methyl sites for hydroxylation is 1. The van der Waals surface area contributed by atoms with E-state index in [-0.39, 0.29) is 0 Å². The van der Waals surface area contributed by atoms with E-state index in [9.17, 15) is 0 Å². The SMILES string of the molecule is CNC(c1ccc(C)s1)C1CC2CC2C1. The van der Waals surface area contributed by atoms with E-state index < -0.39 is 0 Å². The highest BCUT2D eigenvalue weighted by Gasteiger charge is 2.47. The summed E-state index contributed by atoms with van der Waals surface area (Å²) in [6.07, 6.45) is 4.46. The van der Waals surface area contributed by atoms with Crippen LogP contribution in [0.4, 0.5) is 0 Å². The Labute approximate surface area is 95.9 Å². The number of nitrogens with one attached hydrogen (secondary N) is 1. The van der Waals surface area contributed by atoms with E-state index >= 15 is 0 Å². The molecule has 1 aromatic heterocycles. The maximum absolute atomic E-state index is 3.53. The van der Waals surface area contributed by atoms with Crippen molar-refractivity contribution < 1.29 is 0 Å². The van der Waals surface area contributed by atoms with Crippen LogP contribution >= 0.6 is 11.3 Å². The average Bonchev–Trinajstić information content (AvgIpc) is 2.63. The molecule has 0 radical (unpaired) electrons. The van der Waals surface area contributed by atoms with Gasteiger partial charge in [0.1, 0.15) is 0 Å². The molecule has 1 N–H and O–H groups in total. The normalized spacial score (nSPS) is 35.2. The van der Waals surface area contributed by atoms with Crippen LogP contribution in [-0.2, 0) is 0 Å². The summed E-state index contributed by atoms with van der Waals surface area (Å²) in [5.74, 6) is 3.08. The Morgan fingerprint density at radius 3 is 2.53 bits per heavy atom. The van der Waals surface area contributed by atoms with Crippen LogP contribution in [0.2, 0.25) is 0 Å². The van der Waals surface area contributed by atoms with E-state index in [0.29, 0.717) is 6.04 Å². The fraction of sp³-hybridized carbons (Fsp3) is 0.692. The molecule has 0 aromatic carbocycles. The van der Waals surface area contributed by atoms with Crippen molar-refractivity contribution in [3.05, 3.63) is 21.9 Å². The maximum atomic E-state index is 3.53. The van der Waals surface area contributed by atoms with Crippen LogP contribution in [0.3, 0.4) is 0 Å². The quantitative estimate of drug-likeness (QED) is 0.825. The van der Waals surface area contributed by atoms with Crippen molar-refractivity contribution in [2.75, 3.05) is 7.05 Å². The number of fused-ring (bicyclic) bond motifs is 1. The third kappa shape index (κ3) is 1.74. The summed E-state index contributed by atoms with van der Waals surface area (Å²) in [4.78, 5) is 2.98. The molecule has 3 atom stereocenters. The zero-order valence-electron chi connectivity index (χ0n) is 9.49. The van der Waals surface area contributed by atoms with E-state index in [4.69, 9.17) is 0 Å². The van der Waals surface area contributed by atoms with E-state index in [1.54, 1.807) is 4.88 Å². The Kier molecular flexibility index (Phi) is 2.37. The topological polar surface area (TPSA) is 12.0 Å². The summed E-state index contributed by atoms with van der Waals surface area (Å²) >= 11 is 1.96. The molecule has 0 spiro atoms. The van der Waals surface area contributed by atoms with Gasteiger partial charge >= 0.3 is 0 Å².